The summed E-state index contributed by atoms with van der Waals surface area (Å²) in [7, 11) is 3.19. The lowest BCUT2D eigenvalue weighted by Gasteiger charge is -2.15. The number of nitrogens with two attached hydrogens (primary N) is 1. The average molecular weight is 289 g/mol. The first kappa shape index (κ1) is 15.3. The molecule has 0 aliphatic carbocycles. The van der Waals surface area contributed by atoms with Crippen molar-refractivity contribution in [1.82, 2.24) is 0 Å². The lowest BCUT2D eigenvalue weighted by atomic mass is 9.98. The van der Waals surface area contributed by atoms with Gasteiger partial charge in [-0.25, -0.2) is 4.39 Å². The van der Waals surface area contributed by atoms with E-state index in [1.165, 1.54) is 6.07 Å². The predicted octanol–water partition coefficient (Wildman–Crippen LogP) is 3.39. The van der Waals surface area contributed by atoms with Crippen LogP contribution in [-0.2, 0) is 6.42 Å². The van der Waals surface area contributed by atoms with E-state index in [0.717, 1.165) is 11.1 Å². The van der Waals surface area contributed by atoms with E-state index < -0.39 is 0 Å². The zero-order valence-corrected chi connectivity index (χ0v) is 12.5. The summed E-state index contributed by atoms with van der Waals surface area (Å²) in [6.07, 6.45) is 0.600. The summed E-state index contributed by atoms with van der Waals surface area (Å²) < 4.78 is 24.1. The van der Waals surface area contributed by atoms with E-state index in [-0.39, 0.29) is 11.9 Å². The van der Waals surface area contributed by atoms with Gasteiger partial charge in [0.2, 0.25) is 0 Å². The smallest absolute Gasteiger partial charge is 0.160 e. The van der Waals surface area contributed by atoms with Gasteiger partial charge in [-0.15, -0.1) is 0 Å². The molecular formula is C17H20FNO2. The Labute approximate surface area is 124 Å². The Hall–Kier alpha value is -2.07. The van der Waals surface area contributed by atoms with Gasteiger partial charge in [0, 0.05) is 6.04 Å². The van der Waals surface area contributed by atoms with E-state index in [1.54, 1.807) is 27.2 Å². The largest absolute Gasteiger partial charge is 0.493 e. The Balaban J connectivity index is 2.18. The number of ether oxygens (including phenoxy) is 2. The number of methoxy groups -OCH3 is 2. The van der Waals surface area contributed by atoms with Crippen LogP contribution in [0.1, 0.15) is 22.7 Å². The highest BCUT2D eigenvalue weighted by atomic mass is 19.1. The fraction of sp³-hybridized carbons (Fsp3) is 0.294. The lowest BCUT2D eigenvalue weighted by molar-refractivity contribution is 0.354. The second kappa shape index (κ2) is 6.59. The first-order valence-electron chi connectivity index (χ1n) is 6.77. The molecule has 0 aliphatic heterocycles. The third kappa shape index (κ3) is 3.52. The molecule has 0 aromatic heterocycles. The second-order valence-electron chi connectivity index (χ2n) is 5.01. The molecule has 21 heavy (non-hydrogen) atoms. The second-order valence-corrected chi connectivity index (χ2v) is 5.01. The van der Waals surface area contributed by atoms with Crippen LogP contribution >= 0.6 is 0 Å². The minimum Gasteiger partial charge on any atom is -0.493 e. The topological polar surface area (TPSA) is 44.5 Å². The Morgan fingerprint density at radius 3 is 2.38 bits per heavy atom. The molecule has 1 atom stereocenters. The Morgan fingerprint density at radius 2 is 1.76 bits per heavy atom. The van der Waals surface area contributed by atoms with Gasteiger partial charge < -0.3 is 15.2 Å². The third-order valence-corrected chi connectivity index (χ3v) is 3.53. The summed E-state index contributed by atoms with van der Waals surface area (Å²) in [6.45, 7) is 1.74. The van der Waals surface area contributed by atoms with Crippen molar-refractivity contribution >= 4 is 0 Å². The van der Waals surface area contributed by atoms with Gasteiger partial charge in [0.15, 0.2) is 11.5 Å². The quantitative estimate of drug-likeness (QED) is 0.917. The zero-order chi connectivity index (χ0) is 15.4. The van der Waals surface area contributed by atoms with Crippen LogP contribution in [0.25, 0.3) is 0 Å². The van der Waals surface area contributed by atoms with Crippen LogP contribution in [0.15, 0.2) is 36.4 Å². The molecule has 2 aromatic carbocycles. The monoisotopic (exact) mass is 289 g/mol. The Bertz CT molecular complexity index is 628. The molecular weight excluding hydrogens is 269 g/mol. The van der Waals surface area contributed by atoms with Crippen LogP contribution in [0.2, 0.25) is 0 Å². The maximum atomic E-state index is 13.6. The van der Waals surface area contributed by atoms with E-state index >= 15 is 0 Å². The van der Waals surface area contributed by atoms with E-state index in [1.807, 2.05) is 24.3 Å². The Morgan fingerprint density at radius 1 is 1.05 bits per heavy atom. The molecule has 1 unspecified atom stereocenters. The SMILES string of the molecule is COc1ccc(CC(N)c2ccc(C)c(F)c2)cc1OC. The van der Waals surface area contributed by atoms with Gasteiger partial charge >= 0.3 is 0 Å². The number of aryl methyl sites for hydroxylation is 1. The van der Waals surface area contributed by atoms with E-state index in [9.17, 15) is 4.39 Å². The highest BCUT2D eigenvalue weighted by molar-refractivity contribution is 5.43. The highest BCUT2D eigenvalue weighted by Crippen LogP contribution is 2.29. The van der Waals surface area contributed by atoms with Crippen LogP contribution < -0.4 is 15.2 Å². The molecule has 0 aliphatic rings. The van der Waals surface area contributed by atoms with Crippen molar-refractivity contribution in [1.29, 1.82) is 0 Å². The molecule has 0 bridgehead atoms. The summed E-state index contributed by atoms with van der Waals surface area (Å²) >= 11 is 0. The van der Waals surface area contributed by atoms with Crippen molar-refractivity contribution in [3.05, 3.63) is 58.9 Å². The van der Waals surface area contributed by atoms with Crippen LogP contribution in [0.4, 0.5) is 4.39 Å². The molecule has 4 heteroatoms. The van der Waals surface area contributed by atoms with Gasteiger partial charge in [-0.2, -0.15) is 0 Å². The molecule has 0 saturated heterocycles. The first-order chi connectivity index (χ1) is 10.0. The van der Waals surface area contributed by atoms with Gasteiger partial charge in [-0.1, -0.05) is 18.2 Å². The molecule has 0 amide bonds. The summed E-state index contributed by atoms with van der Waals surface area (Å²) in [4.78, 5) is 0. The molecule has 2 aromatic rings. The van der Waals surface area contributed by atoms with E-state index in [0.29, 0.717) is 23.5 Å². The van der Waals surface area contributed by atoms with Gasteiger partial charge in [0.25, 0.3) is 0 Å². The van der Waals surface area contributed by atoms with Gasteiger partial charge in [-0.3, -0.25) is 0 Å². The fourth-order valence-corrected chi connectivity index (χ4v) is 2.22. The van der Waals surface area contributed by atoms with Crippen LogP contribution in [0, 0.1) is 12.7 Å². The Kier molecular flexibility index (Phi) is 4.81. The maximum Gasteiger partial charge on any atom is 0.160 e. The molecule has 3 nitrogen and oxygen atoms in total. The number of hydrogen-bond donors (Lipinski definition) is 1. The molecule has 0 saturated carbocycles. The predicted molar refractivity (Wildman–Crippen MR) is 81.3 cm³/mol. The van der Waals surface area contributed by atoms with E-state index in [4.69, 9.17) is 15.2 Å². The van der Waals surface area contributed by atoms with Gasteiger partial charge in [-0.05, 0) is 48.2 Å². The number of hydrogen-bond acceptors (Lipinski definition) is 3. The number of rotatable bonds is 5. The van der Waals surface area contributed by atoms with Crippen molar-refractivity contribution in [2.75, 3.05) is 14.2 Å². The summed E-state index contributed by atoms with van der Waals surface area (Å²) in [6, 6.07) is 10.5. The van der Waals surface area contributed by atoms with Crippen molar-refractivity contribution in [3.8, 4) is 11.5 Å². The molecule has 0 heterocycles. The third-order valence-electron chi connectivity index (χ3n) is 3.53. The van der Waals surface area contributed by atoms with Crippen molar-refractivity contribution in [2.45, 2.75) is 19.4 Å². The first-order valence-corrected chi connectivity index (χ1v) is 6.77. The summed E-state index contributed by atoms with van der Waals surface area (Å²) in [5, 5.41) is 0. The maximum absolute atomic E-state index is 13.6. The highest BCUT2D eigenvalue weighted by Gasteiger charge is 2.11. The summed E-state index contributed by atoms with van der Waals surface area (Å²) in [5.41, 5.74) is 8.59. The van der Waals surface area contributed by atoms with Crippen molar-refractivity contribution in [2.24, 2.45) is 5.73 Å². The van der Waals surface area contributed by atoms with Crippen molar-refractivity contribution < 1.29 is 13.9 Å². The molecule has 0 fully saturated rings. The summed E-state index contributed by atoms with van der Waals surface area (Å²) in [5.74, 6) is 1.11. The van der Waals surface area contributed by atoms with Crippen LogP contribution in [-0.4, -0.2) is 14.2 Å². The lowest BCUT2D eigenvalue weighted by Crippen LogP contribution is -2.13. The molecule has 2 N–H and O–H groups in total. The molecule has 2 rings (SSSR count). The fourth-order valence-electron chi connectivity index (χ4n) is 2.22. The number of benzene rings is 2. The minimum absolute atomic E-state index is 0.227. The minimum atomic E-state index is -0.266. The van der Waals surface area contributed by atoms with E-state index in [2.05, 4.69) is 0 Å². The average Bonchev–Trinajstić information content (AvgIpc) is 2.49. The molecule has 0 radical (unpaired) electrons. The molecule has 112 valence electrons. The van der Waals surface area contributed by atoms with Crippen molar-refractivity contribution in [3.63, 3.8) is 0 Å². The zero-order valence-electron chi connectivity index (χ0n) is 12.5. The van der Waals surface area contributed by atoms with Gasteiger partial charge in [0.1, 0.15) is 5.82 Å². The van der Waals surface area contributed by atoms with Crippen LogP contribution in [0.3, 0.4) is 0 Å². The normalized spacial score (nSPS) is 12.0. The standard InChI is InChI=1S/C17H20FNO2/c1-11-4-6-13(10-14(11)18)15(19)8-12-5-7-16(20-2)17(9-12)21-3/h4-7,9-10,15H,8,19H2,1-3H3. The van der Waals surface area contributed by atoms with Gasteiger partial charge in [0.05, 0.1) is 14.2 Å². The van der Waals surface area contributed by atoms with Crippen LogP contribution in [0.5, 0.6) is 11.5 Å². The molecule has 0 spiro atoms. The number of halogens is 1.